The molecule has 1 heterocycles. The van der Waals surface area contributed by atoms with Gasteiger partial charge in [0.25, 0.3) is 0 Å². The Labute approximate surface area is 146 Å². The monoisotopic (exact) mass is 344 g/mol. The summed E-state index contributed by atoms with van der Waals surface area (Å²) in [6.07, 6.45) is 0. The van der Waals surface area contributed by atoms with E-state index in [0.717, 1.165) is 38.4 Å². The van der Waals surface area contributed by atoms with E-state index in [0.29, 0.717) is 12.4 Å². The summed E-state index contributed by atoms with van der Waals surface area (Å²) in [6, 6.07) is 13.2. The predicted molar refractivity (Wildman–Crippen MR) is 93.9 cm³/mol. The Bertz CT molecular complexity index is 713. The molecule has 132 valence electrons. The van der Waals surface area contributed by atoms with Gasteiger partial charge in [0.15, 0.2) is 0 Å². The number of halogens is 1. The van der Waals surface area contributed by atoms with Crippen molar-refractivity contribution in [2.24, 2.45) is 0 Å². The fourth-order valence-corrected chi connectivity index (χ4v) is 2.94. The van der Waals surface area contributed by atoms with Gasteiger partial charge in [-0.2, -0.15) is 0 Å². The number of nitrogens with zero attached hydrogens (tertiary/aromatic N) is 2. The molecule has 0 atom stereocenters. The molecule has 0 aliphatic carbocycles. The number of aromatic carboxylic acids is 1. The molecule has 1 aliphatic rings. The van der Waals surface area contributed by atoms with Crippen LogP contribution in [0.4, 0.5) is 10.1 Å². The van der Waals surface area contributed by atoms with Gasteiger partial charge in [-0.25, -0.2) is 9.18 Å². The maximum atomic E-state index is 13.0. The van der Waals surface area contributed by atoms with Crippen molar-refractivity contribution in [1.82, 2.24) is 4.90 Å². The second-order valence-corrected chi connectivity index (χ2v) is 5.95. The van der Waals surface area contributed by atoms with Crippen LogP contribution in [-0.4, -0.2) is 55.3 Å². The van der Waals surface area contributed by atoms with Crippen LogP contribution in [0.3, 0.4) is 0 Å². The summed E-state index contributed by atoms with van der Waals surface area (Å²) in [5, 5.41) is 9.15. The van der Waals surface area contributed by atoms with E-state index in [-0.39, 0.29) is 11.4 Å². The average Bonchev–Trinajstić information content (AvgIpc) is 2.63. The largest absolute Gasteiger partial charge is 0.491 e. The van der Waals surface area contributed by atoms with Gasteiger partial charge in [0, 0.05) is 38.4 Å². The predicted octanol–water partition coefficient (Wildman–Crippen LogP) is 2.72. The van der Waals surface area contributed by atoms with E-state index in [1.54, 1.807) is 36.4 Å². The number of carboxylic acid groups (broad SMARTS) is 1. The van der Waals surface area contributed by atoms with Crippen molar-refractivity contribution < 1.29 is 19.0 Å². The van der Waals surface area contributed by atoms with Crippen LogP contribution < -0.4 is 9.64 Å². The van der Waals surface area contributed by atoms with Gasteiger partial charge in [-0.05, 0) is 36.4 Å². The van der Waals surface area contributed by atoms with Crippen LogP contribution >= 0.6 is 0 Å². The van der Waals surface area contributed by atoms with Crippen molar-refractivity contribution in [1.29, 1.82) is 0 Å². The fourth-order valence-electron chi connectivity index (χ4n) is 2.94. The first-order valence-corrected chi connectivity index (χ1v) is 8.31. The van der Waals surface area contributed by atoms with E-state index < -0.39 is 5.97 Å². The van der Waals surface area contributed by atoms with E-state index in [1.165, 1.54) is 12.1 Å². The number of carboxylic acids is 1. The second kappa shape index (κ2) is 7.98. The van der Waals surface area contributed by atoms with E-state index in [2.05, 4.69) is 9.80 Å². The summed E-state index contributed by atoms with van der Waals surface area (Å²) in [5.74, 6) is -0.801. The number of hydrogen-bond donors (Lipinski definition) is 1. The molecule has 5 nitrogen and oxygen atoms in total. The topological polar surface area (TPSA) is 53.0 Å². The van der Waals surface area contributed by atoms with Gasteiger partial charge in [-0.3, -0.25) is 4.90 Å². The Morgan fingerprint density at radius 2 is 1.72 bits per heavy atom. The molecule has 3 rings (SSSR count). The molecule has 0 spiro atoms. The van der Waals surface area contributed by atoms with Crippen LogP contribution in [-0.2, 0) is 0 Å². The maximum absolute atomic E-state index is 13.0. The van der Waals surface area contributed by atoms with E-state index in [1.807, 2.05) is 0 Å². The molecule has 0 amide bonds. The quantitative estimate of drug-likeness (QED) is 0.873. The van der Waals surface area contributed by atoms with Gasteiger partial charge in [0.05, 0.1) is 0 Å². The summed E-state index contributed by atoms with van der Waals surface area (Å²) in [6.45, 7) is 4.71. The molecule has 1 N–H and O–H groups in total. The lowest BCUT2D eigenvalue weighted by molar-refractivity contribution is 0.0691. The summed E-state index contributed by atoms with van der Waals surface area (Å²) in [7, 11) is 0. The molecule has 1 aliphatic heterocycles. The first kappa shape index (κ1) is 17.2. The third kappa shape index (κ3) is 4.48. The van der Waals surface area contributed by atoms with Crippen molar-refractivity contribution >= 4 is 11.7 Å². The molecule has 2 aromatic carbocycles. The molecule has 0 saturated carbocycles. The van der Waals surface area contributed by atoms with Crippen LogP contribution in [0, 0.1) is 5.82 Å². The van der Waals surface area contributed by atoms with Crippen molar-refractivity contribution in [3.8, 4) is 5.75 Å². The molecular formula is C19H21FN2O3. The minimum absolute atomic E-state index is 0.184. The van der Waals surface area contributed by atoms with Gasteiger partial charge in [-0.1, -0.05) is 12.1 Å². The summed E-state index contributed by atoms with van der Waals surface area (Å²) in [5.41, 5.74) is 1.22. The lowest BCUT2D eigenvalue weighted by Crippen LogP contribution is -2.47. The zero-order valence-electron chi connectivity index (χ0n) is 13.9. The molecule has 0 aromatic heterocycles. The molecule has 1 saturated heterocycles. The lowest BCUT2D eigenvalue weighted by Gasteiger charge is -2.36. The number of para-hydroxylation sites is 1. The van der Waals surface area contributed by atoms with Crippen molar-refractivity contribution in [2.75, 3.05) is 44.2 Å². The number of piperazine rings is 1. The van der Waals surface area contributed by atoms with Gasteiger partial charge in [0.1, 0.15) is 23.7 Å². The number of rotatable bonds is 6. The van der Waals surface area contributed by atoms with E-state index in [4.69, 9.17) is 9.84 Å². The molecule has 0 unspecified atom stereocenters. The third-order valence-corrected chi connectivity index (χ3v) is 4.35. The normalized spacial score (nSPS) is 15.2. The van der Waals surface area contributed by atoms with Gasteiger partial charge in [0.2, 0.25) is 0 Å². The van der Waals surface area contributed by atoms with Crippen LogP contribution in [0.2, 0.25) is 0 Å². The Kier molecular flexibility index (Phi) is 5.50. The highest BCUT2D eigenvalue weighted by Gasteiger charge is 2.17. The first-order chi connectivity index (χ1) is 12.1. The summed E-state index contributed by atoms with van der Waals surface area (Å²) in [4.78, 5) is 15.7. The molecular weight excluding hydrogens is 323 g/mol. The van der Waals surface area contributed by atoms with Crippen LogP contribution in [0.1, 0.15) is 10.4 Å². The number of benzene rings is 2. The number of carbonyl (C=O) groups is 1. The molecule has 0 bridgehead atoms. The number of hydrogen-bond acceptors (Lipinski definition) is 4. The zero-order chi connectivity index (χ0) is 17.6. The molecule has 6 heteroatoms. The third-order valence-electron chi connectivity index (χ3n) is 4.35. The minimum Gasteiger partial charge on any atom is -0.491 e. The standard InChI is InChI=1S/C19H21FN2O3/c20-15-5-7-16(8-6-15)22-11-9-21(10-12-22)13-14-25-18-4-2-1-3-17(18)19(23)24/h1-8H,9-14H2,(H,23,24). The van der Waals surface area contributed by atoms with Crippen LogP contribution in [0.5, 0.6) is 5.75 Å². The first-order valence-electron chi connectivity index (χ1n) is 8.31. The highest BCUT2D eigenvalue weighted by molar-refractivity contribution is 5.90. The Balaban J connectivity index is 1.45. The lowest BCUT2D eigenvalue weighted by atomic mass is 10.2. The van der Waals surface area contributed by atoms with Crippen LogP contribution in [0.15, 0.2) is 48.5 Å². The fraction of sp³-hybridized carbons (Fsp3) is 0.316. The summed E-state index contributed by atoms with van der Waals surface area (Å²) >= 11 is 0. The van der Waals surface area contributed by atoms with Gasteiger partial charge >= 0.3 is 5.97 Å². The highest BCUT2D eigenvalue weighted by Crippen LogP contribution is 2.19. The Hall–Kier alpha value is -2.60. The average molecular weight is 344 g/mol. The second-order valence-electron chi connectivity index (χ2n) is 5.95. The smallest absolute Gasteiger partial charge is 0.339 e. The van der Waals surface area contributed by atoms with Crippen molar-refractivity contribution in [3.05, 3.63) is 59.9 Å². The Morgan fingerprint density at radius 1 is 1.04 bits per heavy atom. The molecule has 25 heavy (non-hydrogen) atoms. The van der Waals surface area contributed by atoms with Crippen molar-refractivity contribution in [3.63, 3.8) is 0 Å². The molecule has 2 aromatic rings. The van der Waals surface area contributed by atoms with Crippen LogP contribution in [0.25, 0.3) is 0 Å². The molecule has 0 radical (unpaired) electrons. The maximum Gasteiger partial charge on any atom is 0.339 e. The number of anilines is 1. The minimum atomic E-state index is -0.983. The molecule has 1 fully saturated rings. The van der Waals surface area contributed by atoms with Gasteiger partial charge < -0.3 is 14.7 Å². The number of ether oxygens (including phenoxy) is 1. The Morgan fingerprint density at radius 3 is 2.40 bits per heavy atom. The van der Waals surface area contributed by atoms with Crippen molar-refractivity contribution in [2.45, 2.75) is 0 Å². The van der Waals surface area contributed by atoms with E-state index in [9.17, 15) is 9.18 Å². The highest BCUT2D eigenvalue weighted by atomic mass is 19.1. The zero-order valence-corrected chi connectivity index (χ0v) is 13.9. The summed E-state index contributed by atoms with van der Waals surface area (Å²) < 4.78 is 18.6. The SMILES string of the molecule is O=C(O)c1ccccc1OCCN1CCN(c2ccc(F)cc2)CC1. The van der Waals surface area contributed by atoms with E-state index >= 15 is 0 Å². The van der Waals surface area contributed by atoms with Gasteiger partial charge in [-0.15, -0.1) is 0 Å².